The van der Waals surface area contributed by atoms with E-state index in [0.29, 0.717) is 6.54 Å². The molecule has 2 aliphatic carbocycles. The minimum atomic E-state index is -0.0212. The first-order chi connectivity index (χ1) is 12.2. The van der Waals surface area contributed by atoms with Crippen molar-refractivity contribution in [3.8, 4) is 0 Å². The summed E-state index contributed by atoms with van der Waals surface area (Å²) in [5, 5.41) is 4.48. The molecule has 0 radical (unpaired) electrons. The molecule has 1 atom stereocenters. The molecule has 2 aliphatic rings. The Morgan fingerprint density at radius 1 is 0.923 bits per heavy atom. The van der Waals surface area contributed by atoms with E-state index in [2.05, 4.69) is 12.2 Å². The summed E-state index contributed by atoms with van der Waals surface area (Å²) in [5.41, 5.74) is 9.05. The Hall–Kier alpha value is -0.332. The predicted molar refractivity (Wildman–Crippen MR) is 110 cm³/mol. The fourth-order valence-corrected chi connectivity index (χ4v) is 4.06. The molecule has 1 aromatic carbocycles. The first kappa shape index (κ1) is 23.7. The van der Waals surface area contributed by atoms with Crippen molar-refractivity contribution >= 4 is 5.69 Å². The Kier molecular flexibility index (Phi) is 13.4. The molecule has 2 saturated carbocycles. The van der Waals surface area contributed by atoms with Crippen LogP contribution in [0.3, 0.4) is 0 Å². The first-order valence-electron chi connectivity index (χ1n) is 10.7. The van der Waals surface area contributed by atoms with Gasteiger partial charge in [0, 0.05) is 0 Å². The maximum Gasteiger partial charge on any atom is 2.00 e. The summed E-state index contributed by atoms with van der Waals surface area (Å²) in [6, 6.07) is 9.99. The van der Waals surface area contributed by atoms with Crippen molar-refractivity contribution in [3.63, 3.8) is 0 Å². The topological polar surface area (TPSA) is 37.9 Å². The maximum absolute atomic E-state index is 8.05. The van der Waals surface area contributed by atoms with Gasteiger partial charge in [-0.1, -0.05) is 114 Å². The second kappa shape index (κ2) is 14.7. The van der Waals surface area contributed by atoms with Crippen molar-refractivity contribution in [2.45, 2.75) is 90.0 Å². The SMILES string of the molecule is CC1CCCCC1.[NH-]C(CCC1CCCCC1)C[N-]c1ccccc1.[W+2]. The van der Waals surface area contributed by atoms with Crippen LogP contribution in [-0.2, 0) is 21.1 Å². The summed E-state index contributed by atoms with van der Waals surface area (Å²) < 4.78 is 0. The number of hydrogen-bond donors (Lipinski definition) is 0. The zero-order chi connectivity index (χ0) is 17.7. The fraction of sp³-hybridized carbons (Fsp3) is 0.739. The molecule has 0 amide bonds. The van der Waals surface area contributed by atoms with Crippen LogP contribution in [0.15, 0.2) is 30.3 Å². The van der Waals surface area contributed by atoms with Gasteiger partial charge in [0.25, 0.3) is 0 Å². The maximum atomic E-state index is 8.05. The van der Waals surface area contributed by atoms with Crippen LogP contribution in [-0.4, -0.2) is 12.6 Å². The average molecular weight is 526 g/mol. The van der Waals surface area contributed by atoms with E-state index in [1.54, 1.807) is 0 Å². The third-order valence-electron chi connectivity index (χ3n) is 5.79. The first-order valence-corrected chi connectivity index (χ1v) is 10.7. The van der Waals surface area contributed by atoms with Crippen molar-refractivity contribution in [2.75, 3.05) is 6.54 Å². The molecule has 0 aliphatic heterocycles. The van der Waals surface area contributed by atoms with Gasteiger partial charge in [0.1, 0.15) is 0 Å². The number of benzene rings is 1. The van der Waals surface area contributed by atoms with Crippen molar-refractivity contribution in [1.82, 2.24) is 0 Å². The predicted octanol–water partition coefficient (Wildman–Crippen LogP) is 8.06. The van der Waals surface area contributed by atoms with Crippen molar-refractivity contribution in [1.29, 1.82) is 0 Å². The van der Waals surface area contributed by atoms with Gasteiger partial charge in [0.15, 0.2) is 0 Å². The van der Waals surface area contributed by atoms with E-state index >= 15 is 0 Å². The summed E-state index contributed by atoms with van der Waals surface area (Å²) in [6.45, 7) is 3.01. The molecule has 0 heterocycles. The third-order valence-corrected chi connectivity index (χ3v) is 5.79. The number of para-hydroxylation sites is 1. The molecule has 1 unspecified atom stereocenters. The normalized spacial score (nSPS) is 19.6. The van der Waals surface area contributed by atoms with Gasteiger partial charge in [-0.25, -0.2) is 0 Å². The number of rotatable bonds is 6. The van der Waals surface area contributed by atoms with Crippen LogP contribution in [0.2, 0.25) is 0 Å². The van der Waals surface area contributed by atoms with Gasteiger partial charge in [-0.3, -0.25) is 0 Å². The van der Waals surface area contributed by atoms with Crippen molar-refractivity contribution < 1.29 is 21.1 Å². The van der Waals surface area contributed by atoms with E-state index in [4.69, 9.17) is 5.73 Å². The molecule has 0 bridgehead atoms. The standard InChI is InChI=1S/C16H24N2.C7H14.W/c17-15(12-11-14-7-3-1-4-8-14)13-18-16-9-5-2-6-10-16;1-7-5-3-2-4-6-7;/h2,5-6,9-10,14-15,17H,1,3-4,7-8,11-13H2;7H,2-6H2,1H3;/q-2;;+2. The van der Waals surface area contributed by atoms with Crippen LogP contribution >= 0.6 is 0 Å². The summed E-state index contributed by atoms with van der Waals surface area (Å²) in [4.78, 5) is 0. The monoisotopic (exact) mass is 526 g/mol. The smallest absolute Gasteiger partial charge is 0.685 e. The number of nitrogens with one attached hydrogen (secondary N) is 1. The van der Waals surface area contributed by atoms with Crippen LogP contribution in [0, 0.1) is 11.8 Å². The molecule has 2 fully saturated rings. The molecule has 26 heavy (non-hydrogen) atoms. The molecule has 3 rings (SSSR count). The van der Waals surface area contributed by atoms with E-state index in [0.717, 1.165) is 23.9 Å². The molecule has 1 N–H and O–H groups in total. The van der Waals surface area contributed by atoms with E-state index < -0.39 is 0 Å². The summed E-state index contributed by atoms with van der Waals surface area (Å²) in [7, 11) is 0. The molecule has 1 aromatic rings. The van der Waals surface area contributed by atoms with Gasteiger partial charge in [-0.15, -0.1) is 12.2 Å². The molecular formula is C23H38N2W. The molecule has 2 nitrogen and oxygen atoms in total. The Labute approximate surface area is 176 Å². The fourth-order valence-electron chi connectivity index (χ4n) is 4.06. The third kappa shape index (κ3) is 10.7. The van der Waals surface area contributed by atoms with Gasteiger partial charge in [0.05, 0.1) is 0 Å². The Bertz CT molecular complexity index is 425. The van der Waals surface area contributed by atoms with Crippen molar-refractivity contribution in [3.05, 3.63) is 41.4 Å². The van der Waals surface area contributed by atoms with Gasteiger partial charge in [0.2, 0.25) is 0 Å². The van der Waals surface area contributed by atoms with Gasteiger partial charge >= 0.3 is 21.1 Å². The van der Waals surface area contributed by atoms with Crippen LogP contribution < -0.4 is 0 Å². The number of hydrogen-bond acceptors (Lipinski definition) is 0. The Morgan fingerprint density at radius 3 is 2.04 bits per heavy atom. The zero-order valence-electron chi connectivity index (χ0n) is 16.7. The van der Waals surface area contributed by atoms with E-state index in [1.165, 1.54) is 70.6 Å². The average Bonchev–Trinajstić information content (AvgIpc) is 2.67. The Balaban J connectivity index is 0.000000357. The molecule has 0 aromatic heterocycles. The quantitative estimate of drug-likeness (QED) is 0.360. The van der Waals surface area contributed by atoms with Crippen LogP contribution in [0.4, 0.5) is 5.69 Å². The summed E-state index contributed by atoms with van der Waals surface area (Å²) in [6.07, 6.45) is 16.7. The minimum Gasteiger partial charge on any atom is -0.685 e. The van der Waals surface area contributed by atoms with Gasteiger partial charge in [-0.2, -0.15) is 6.04 Å². The Morgan fingerprint density at radius 2 is 1.50 bits per heavy atom. The van der Waals surface area contributed by atoms with E-state index in [1.807, 2.05) is 30.3 Å². The second-order valence-electron chi connectivity index (χ2n) is 8.20. The molecule has 0 spiro atoms. The van der Waals surface area contributed by atoms with Crippen LogP contribution in [0.5, 0.6) is 0 Å². The van der Waals surface area contributed by atoms with Crippen LogP contribution in [0.1, 0.15) is 84.0 Å². The van der Waals surface area contributed by atoms with Gasteiger partial charge in [-0.05, 0) is 11.8 Å². The summed E-state index contributed by atoms with van der Waals surface area (Å²) >= 11 is 0. The summed E-state index contributed by atoms with van der Waals surface area (Å²) in [5.74, 6) is 1.93. The minimum absolute atomic E-state index is 0. The van der Waals surface area contributed by atoms with E-state index in [9.17, 15) is 0 Å². The molecular weight excluding hydrogens is 488 g/mol. The number of nitrogens with zero attached hydrogens (tertiary/aromatic N) is 1. The largest absolute Gasteiger partial charge is 2.00 e. The van der Waals surface area contributed by atoms with Crippen LogP contribution in [0.25, 0.3) is 11.1 Å². The second-order valence-corrected chi connectivity index (χ2v) is 8.20. The van der Waals surface area contributed by atoms with Gasteiger partial charge < -0.3 is 11.1 Å². The molecule has 3 heteroatoms. The molecule has 0 saturated heterocycles. The molecule has 146 valence electrons. The zero-order valence-corrected chi connectivity index (χ0v) is 19.6. The van der Waals surface area contributed by atoms with Crippen molar-refractivity contribution in [2.24, 2.45) is 11.8 Å². The van der Waals surface area contributed by atoms with E-state index in [-0.39, 0.29) is 27.1 Å².